The van der Waals surface area contributed by atoms with Gasteiger partial charge in [-0.25, -0.2) is 0 Å². The summed E-state index contributed by atoms with van der Waals surface area (Å²) in [6, 6.07) is 5.19. The van der Waals surface area contributed by atoms with Crippen LogP contribution in [0.4, 0.5) is 5.69 Å². The van der Waals surface area contributed by atoms with Crippen molar-refractivity contribution in [1.29, 1.82) is 0 Å². The van der Waals surface area contributed by atoms with Crippen LogP contribution in [0.5, 0.6) is 0 Å². The van der Waals surface area contributed by atoms with Crippen molar-refractivity contribution in [2.75, 3.05) is 5.73 Å². The summed E-state index contributed by atoms with van der Waals surface area (Å²) in [6.45, 7) is 1.66. The number of benzene rings is 1. The molecule has 0 aromatic heterocycles. The van der Waals surface area contributed by atoms with E-state index in [-0.39, 0.29) is 5.78 Å². The zero-order valence-corrected chi connectivity index (χ0v) is 10.1. The highest BCUT2D eigenvalue weighted by Crippen LogP contribution is 2.18. The number of Topliss-reactive ketones (excluding diaryl/α,β-unsaturated/α-hetero) is 1. The first-order valence-electron chi connectivity index (χ1n) is 4.19. The van der Waals surface area contributed by atoms with Gasteiger partial charge in [-0.15, -0.1) is 11.6 Å². The normalized spacial score (nSPS) is 12.5. The highest BCUT2D eigenvalue weighted by molar-refractivity contribution is 9.08. The number of rotatable bonds is 3. The van der Waals surface area contributed by atoms with Crippen molar-refractivity contribution in [1.82, 2.24) is 0 Å². The molecule has 0 saturated carbocycles. The average Bonchev–Trinajstić information content (AvgIpc) is 2.17. The molecule has 1 unspecified atom stereocenters. The average molecular weight is 277 g/mol. The van der Waals surface area contributed by atoms with Crippen molar-refractivity contribution in [3.05, 3.63) is 29.3 Å². The topological polar surface area (TPSA) is 43.1 Å². The molecule has 0 radical (unpaired) electrons. The molecule has 0 saturated heterocycles. The van der Waals surface area contributed by atoms with Crippen LogP contribution in [0.1, 0.15) is 22.8 Å². The fourth-order valence-corrected chi connectivity index (χ4v) is 1.72. The number of anilines is 1. The summed E-state index contributed by atoms with van der Waals surface area (Å²) in [7, 11) is 0. The summed E-state index contributed by atoms with van der Waals surface area (Å²) >= 11 is 9.01. The van der Waals surface area contributed by atoms with Crippen molar-refractivity contribution < 1.29 is 4.79 Å². The molecule has 0 amide bonds. The SMILES string of the molecule is CC(Cl)C(=O)c1ccc(N)c(CBr)c1. The van der Waals surface area contributed by atoms with E-state index in [1.807, 2.05) is 0 Å². The Morgan fingerprint density at radius 2 is 2.29 bits per heavy atom. The van der Waals surface area contributed by atoms with Crippen molar-refractivity contribution in [2.45, 2.75) is 17.6 Å². The van der Waals surface area contributed by atoms with Crippen LogP contribution in [-0.4, -0.2) is 11.2 Å². The molecule has 14 heavy (non-hydrogen) atoms. The zero-order chi connectivity index (χ0) is 10.7. The maximum Gasteiger partial charge on any atom is 0.180 e. The van der Waals surface area contributed by atoms with Crippen LogP contribution >= 0.6 is 27.5 Å². The first-order chi connectivity index (χ1) is 6.56. The third-order valence-electron chi connectivity index (χ3n) is 1.93. The molecule has 1 aromatic carbocycles. The molecule has 1 rings (SSSR count). The van der Waals surface area contributed by atoms with Gasteiger partial charge in [0.25, 0.3) is 0 Å². The van der Waals surface area contributed by atoms with E-state index < -0.39 is 5.38 Å². The summed E-state index contributed by atoms with van der Waals surface area (Å²) in [5.41, 5.74) is 7.90. The lowest BCUT2D eigenvalue weighted by Gasteiger charge is -2.06. The number of carbonyl (C=O) groups excluding carboxylic acids is 1. The van der Waals surface area contributed by atoms with Gasteiger partial charge >= 0.3 is 0 Å². The Labute approximate surface area is 96.6 Å². The van der Waals surface area contributed by atoms with Crippen LogP contribution in [0.3, 0.4) is 0 Å². The lowest BCUT2D eigenvalue weighted by Crippen LogP contribution is -2.11. The molecule has 2 nitrogen and oxygen atoms in total. The minimum Gasteiger partial charge on any atom is -0.398 e. The van der Waals surface area contributed by atoms with Crippen molar-refractivity contribution in [3.8, 4) is 0 Å². The van der Waals surface area contributed by atoms with Crippen LogP contribution in [0.25, 0.3) is 0 Å². The number of hydrogen-bond donors (Lipinski definition) is 1. The molecule has 4 heteroatoms. The Bertz CT molecular complexity index is 352. The number of alkyl halides is 2. The Morgan fingerprint density at radius 1 is 1.64 bits per heavy atom. The Kier molecular flexibility index (Phi) is 3.96. The summed E-state index contributed by atoms with van der Waals surface area (Å²) in [5.74, 6) is -0.0751. The minimum atomic E-state index is -0.498. The standard InChI is InChI=1S/C10H11BrClNO/c1-6(12)10(14)7-2-3-9(13)8(4-7)5-11/h2-4,6H,5,13H2,1H3. The number of ketones is 1. The van der Waals surface area contributed by atoms with E-state index in [0.29, 0.717) is 16.6 Å². The minimum absolute atomic E-state index is 0.0751. The van der Waals surface area contributed by atoms with Gasteiger partial charge in [0, 0.05) is 16.6 Å². The third-order valence-corrected chi connectivity index (χ3v) is 2.74. The van der Waals surface area contributed by atoms with Gasteiger partial charge in [-0.2, -0.15) is 0 Å². The molecule has 0 aliphatic rings. The van der Waals surface area contributed by atoms with Crippen LogP contribution in [0.15, 0.2) is 18.2 Å². The Hall–Kier alpha value is -0.540. The molecule has 0 spiro atoms. The Morgan fingerprint density at radius 3 is 2.79 bits per heavy atom. The summed E-state index contributed by atoms with van der Waals surface area (Å²) in [5, 5.41) is 0.137. The van der Waals surface area contributed by atoms with Gasteiger partial charge in [-0.05, 0) is 30.7 Å². The first-order valence-corrected chi connectivity index (χ1v) is 5.74. The van der Waals surface area contributed by atoms with Gasteiger partial charge in [-0.1, -0.05) is 15.9 Å². The summed E-state index contributed by atoms with van der Waals surface area (Å²) in [6.07, 6.45) is 0. The highest BCUT2D eigenvalue weighted by atomic mass is 79.9. The molecule has 2 N–H and O–H groups in total. The molecule has 0 heterocycles. The lowest BCUT2D eigenvalue weighted by atomic mass is 10.0. The molecule has 76 valence electrons. The van der Waals surface area contributed by atoms with Crippen LogP contribution < -0.4 is 5.73 Å². The van der Waals surface area contributed by atoms with E-state index in [2.05, 4.69) is 15.9 Å². The molecular weight excluding hydrogens is 265 g/mol. The third kappa shape index (κ3) is 2.49. The maximum atomic E-state index is 11.5. The molecule has 0 bridgehead atoms. The van der Waals surface area contributed by atoms with Crippen LogP contribution in [-0.2, 0) is 5.33 Å². The number of nitrogen functional groups attached to an aromatic ring is 1. The molecule has 0 aliphatic heterocycles. The van der Waals surface area contributed by atoms with E-state index >= 15 is 0 Å². The van der Waals surface area contributed by atoms with Gasteiger partial charge in [0.05, 0.1) is 5.38 Å². The second-order valence-corrected chi connectivity index (χ2v) is 4.24. The van der Waals surface area contributed by atoms with E-state index in [1.165, 1.54) is 0 Å². The first kappa shape index (κ1) is 11.5. The predicted molar refractivity (Wildman–Crippen MR) is 63.1 cm³/mol. The molecular formula is C10H11BrClNO. The van der Waals surface area contributed by atoms with E-state index in [1.54, 1.807) is 25.1 Å². The van der Waals surface area contributed by atoms with Crippen LogP contribution in [0, 0.1) is 0 Å². The fraction of sp³-hybridized carbons (Fsp3) is 0.300. The fourth-order valence-electron chi connectivity index (χ4n) is 1.10. The quantitative estimate of drug-likeness (QED) is 0.524. The number of hydrogen-bond acceptors (Lipinski definition) is 2. The summed E-state index contributed by atoms with van der Waals surface area (Å²) in [4.78, 5) is 11.5. The molecule has 1 atom stereocenters. The monoisotopic (exact) mass is 275 g/mol. The predicted octanol–water partition coefficient (Wildman–Crippen LogP) is 2.97. The van der Waals surface area contributed by atoms with Crippen molar-refractivity contribution in [2.24, 2.45) is 0 Å². The van der Waals surface area contributed by atoms with Gasteiger partial charge in [0.1, 0.15) is 0 Å². The second-order valence-electron chi connectivity index (χ2n) is 3.03. The smallest absolute Gasteiger partial charge is 0.180 e. The maximum absolute atomic E-state index is 11.5. The number of halogens is 2. The Balaban J connectivity index is 3.06. The van der Waals surface area contributed by atoms with Gasteiger partial charge in [0.15, 0.2) is 5.78 Å². The lowest BCUT2D eigenvalue weighted by molar-refractivity contribution is 0.0991. The van der Waals surface area contributed by atoms with Gasteiger partial charge < -0.3 is 5.73 Å². The van der Waals surface area contributed by atoms with Crippen molar-refractivity contribution >= 4 is 39.0 Å². The highest BCUT2D eigenvalue weighted by Gasteiger charge is 2.13. The number of nitrogens with two attached hydrogens (primary N) is 1. The number of carbonyl (C=O) groups is 1. The van der Waals surface area contributed by atoms with Gasteiger partial charge in [0.2, 0.25) is 0 Å². The molecule has 0 fully saturated rings. The summed E-state index contributed by atoms with van der Waals surface area (Å²) < 4.78 is 0. The molecule has 1 aromatic rings. The largest absolute Gasteiger partial charge is 0.398 e. The second kappa shape index (κ2) is 4.80. The van der Waals surface area contributed by atoms with Crippen LogP contribution in [0.2, 0.25) is 0 Å². The zero-order valence-electron chi connectivity index (χ0n) is 7.76. The molecule has 0 aliphatic carbocycles. The van der Waals surface area contributed by atoms with E-state index in [9.17, 15) is 4.79 Å². The van der Waals surface area contributed by atoms with E-state index in [0.717, 1.165) is 5.56 Å². The van der Waals surface area contributed by atoms with E-state index in [4.69, 9.17) is 17.3 Å². The van der Waals surface area contributed by atoms with Gasteiger partial charge in [-0.3, -0.25) is 4.79 Å². The van der Waals surface area contributed by atoms with Crippen molar-refractivity contribution in [3.63, 3.8) is 0 Å².